The normalized spacial score (nSPS) is 15.6. The average molecular weight is 226 g/mol. The summed E-state index contributed by atoms with van der Waals surface area (Å²) < 4.78 is 17.1. The van der Waals surface area contributed by atoms with Gasteiger partial charge in [0.15, 0.2) is 0 Å². The smallest absolute Gasteiger partial charge is 0.215 e. The van der Waals surface area contributed by atoms with Crippen LogP contribution in [0.15, 0.2) is 23.8 Å². The minimum absolute atomic E-state index is 0.457. The fourth-order valence-electron chi connectivity index (χ4n) is 1.84. The molecule has 1 aliphatic carbocycles. The number of hydrogen-bond donors (Lipinski definition) is 0. The quantitative estimate of drug-likeness (QED) is 0.596. The first-order valence-corrected chi connectivity index (χ1v) is 6.00. The molecular formula is C13H22O3. The highest BCUT2D eigenvalue weighted by molar-refractivity contribution is 5.29. The molecule has 3 heteroatoms. The number of allylic oxidation sites excluding steroid dienone is 3. The Kier molecular flexibility index (Phi) is 5.74. The summed E-state index contributed by atoms with van der Waals surface area (Å²) >= 11 is 0. The second-order valence-corrected chi connectivity index (χ2v) is 3.58. The molecule has 0 amide bonds. The standard InChI is InChI=1S/C13H22O3/c1-4-14-11-13(15-5-2,16-6-3)12-9-7-8-10-12/h7-9H,4-6,10-11H2,1-3H3. The van der Waals surface area contributed by atoms with Gasteiger partial charge in [0.05, 0.1) is 0 Å². The van der Waals surface area contributed by atoms with E-state index in [1.54, 1.807) is 0 Å². The molecule has 0 saturated heterocycles. The maximum atomic E-state index is 5.80. The van der Waals surface area contributed by atoms with Crippen molar-refractivity contribution >= 4 is 0 Å². The Labute approximate surface area is 98.1 Å². The second kappa shape index (κ2) is 6.84. The lowest BCUT2D eigenvalue weighted by Crippen LogP contribution is -2.43. The molecule has 0 atom stereocenters. The molecule has 1 rings (SSSR count). The van der Waals surface area contributed by atoms with Crippen LogP contribution in [0.25, 0.3) is 0 Å². The summed E-state index contributed by atoms with van der Waals surface area (Å²) in [6.07, 6.45) is 7.08. The molecule has 0 aromatic heterocycles. The van der Waals surface area contributed by atoms with Crippen molar-refractivity contribution in [1.82, 2.24) is 0 Å². The van der Waals surface area contributed by atoms with Crippen LogP contribution in [0.1, 0.15) is 27.2 Å². The van der Waals surface area contributed by atoms with Gasteiger partial charge in [0, 0.05) is 19.8 Å². The Hall–Kier alpha value is -0.640. The summed E-state index contributed by atoms with van der Waals surface area (Å²) in [6, 6.07) is 0. The minimum atomic E-state index is -0.691. The molecule has 0 saturated carbocycles. The van der Waals surface area contributed by atoms with Crippen molar-refractivity contribution in [3.8, 4) is 0 Å². The highest BCUT2D eigenvalue weighted by Gasteiger charge is 2.36. The zero-order valence-corrected chi connectivity index (χ0v) is 10.5. The average Bonchev–Trinajstić information content (AvgIpc) is 2.80. The van der Waals surface area contributed by atoms with Crippen LogP contribution in [0, 0.1) is 0 Å². The van der Waals surface area contributed by atoms with E-state index in [-0.39, 0.29) is 0 Å². The summed E-state index contributed by atoms with van der Waals surface area (Å²) in [4.78, 5) is 0. The van der Waals surface area contributed by atoms with Gasteiger partial charge in [-0.3, -0.25) is 0 Å². The fourth-order valence-corrected chi connectivity index (χ4v) is 1.84. The summed E-state index contributed by atoms with van der Waals surface area (Å²) in [6.45, 7) is 8.28. The lowest BCUT2D eigenvalue weighted by molar-refractivity contribution is -0.233. The van der Waals surface area contributed by atoms with Gasteiger partial charge in [0.25, 0.3) is 0 Å². The van der Waals surface area contributed by atoms with E-state index in [9.17, 15) is 0 Å². The third kappa shape index (κ3) is 3.17. The van der Waals surface area contributed by atoms with Gasteiger partial charge in [-0.1, -0.05) is 18.2 Å². The van der Waals surface area contributed by atoms with E-state index in [4.69, 9.17) is 14.2 Å². The lowest BCUT2D eigenvalue weighted by atomic mass is 10.1. The largest absolute Gasteiger partial charge is 0.376 e. The molecule has 16 heavy (non-hydrogen) atoms. The summed E-state index contributed by atoms with van der Waals surface area (Å²) in [7, 11) is 0. The zero-order chi connectivity index (χ0) is 11.9. The van der Waals surface area contributed by atoms with Gasteiger partial charge in [-0.2, -0.15) is 0 Å². The van der Waals surface area contributed by atoms with Gasteiger partial charge in [-0.25, -0.2) is 0 Å². The van der Waals surface area contributed by atoms with Crippen LogP contribution >= 0.6 is 0 Å². The molecule has 0 spiro atoms. The van der Waals surface area contributed by atoms with Crippen LogP contribution in [0.5, 0.6) is 0 Å². The Balaban J connectivity index is 2.77. The van der Waals surface area contributed by atoms with E-state index in [2.05, 4.69) is 12.2 Å². The molecule has 0 radical (unpaired) electrons. The third-order valence-electron chi connectivity index (χ3n) is 2.51. The van der Waals surface area contributed by atoms with Crippen LogP contribution in [0.3, 0.4) is 0 Å². The monoisotopic (exact) mass is 226 g/mol. The number of rotatable bonds is 8. The van der Waals surface area contributed by atoms with Gasteiger partial charge < -0.3 is 14.2 Å². The van der Waals surface area contributed by atoms with Crippen molar-refractivity contribution in [2.45, 2.75) is 33.0 Å². The highest BCUT2D eigenvalue weighted by atomic mass is 16.7. The van der Waals surface area contributed by atoms with E-state index < -0.39 is 5.79 Å². The predicted octanol–water partition coefficient (Wildman–Crippen LogP) is 2.68. The molecule has 92 valence electrons. The molecule has 0 aromatic carbocycles. The fraction of sp³-hybridized carbons (Fsp3) is 0.692. The van der Waals surface area contributed by atoms with Crippen molar-refractivity contribution in [3.63, 3.8) is 0 Å². The predicted molar refractivity (Wildman–Crippen MR) is 64.3 cm³/mol. The van der Waals surface area contributed by atoms with Gasteiger partial charge in [0.1, 0.15) is 6.61 Å². The molecule has 0 aromatic rings. The van der Waals surface area contributed by atoms with Crippen molar-refractivity contribution in [2.75, 3.05) is 26.4 Å². The van der Waals surface area contributed by atoms with E-state index in [1.165, 1.54) is 0 Å². The summed E-state index contributed by atoms with van der Waals surface area (Å²) in [5, 5.41) is 0. The first-order chi connectivity index (χ1) is 7.79. The molecular weight excluding hydrogens is 204 g/mol. The first-order valence-electron chi connectivity index (χ1n) is 6.00. The maximum Gasteiger partial charge on any atom is 0.215 e. The van der Waals surface area contributed by atoms with Crippen LogP contribution in [-0.4, -0.2) is 32.2 Å². The number of ether oxygens (including phenoxy) is 3. The molecule has 3 nitrogen and oxygen atoms in total. The lowest BCUT2D eigenvalue weighted by Gasteiger charge is -2.34. The highest BCUT2D eigenvalue weighted by Crippen LogP contribution is 2.30. The van der Waals surface area contributed by atoms with Gasteiger partial charge in [-0.05, 0) is 32.8 Å². The third-order valence-corrected chi connectivity index (χ3v) is 2.51. The molecule has 0 aliphatic heterocycles. The van der Waals surface area contributed by atoms with Crippen LogP contribution in [-0.2, 0) is 14.2 Å². The Morgan fingerprint density at radius 1 is 1.12 bits per heavy atom. The Bertz CT molecular complexity index is 250. The van der Waals surface area contributed by atoms with E-state index in [0.717, 1.165) is 12.0 Å². The second-order valence-electron chi connectivity index (χ2n) is 3.58. The van der Waals surface area contributed by atoms with Crippen molar-refractivity contribution < 1.29 is 14.2 Å². The maximum absolute atomic E-state index is 5.80. The number of hydrogen-bond acceptors (Lipinski definition) is 3. The van der Waals surface area contributed by atoms with Crippen molar-refractivity contribution in [2.24, 2.45) is 0 Å². The zero-order valence-electron chi connectivity index (χ0n) is 10.5. The molecule has 1 aliphatic rings. The van der Waals surface area contributed by atoms with E-state index >= 15 is 0 Å². The van der Waals surface area contributed by atoms with E-state index in [0.29, 0.717) is 26.4 Å². The summed E-state index contributed by atoms with van der Waals surface area (Å²) in [5.41, 5.74) is 1.14. The van der Waals surface area contributed by atoms with Crippen molar-refractivity contribution in [1.29, 1.82) is 0 Å². The van der Waals surface area contributed by atoms with Crippen LogP contribution in [0.4, 0.5) is 0 Å². The molecule has 0 N–H and O–H groups in total. The minimum Gasteiger partial charge on any atom is -0.376 e. The topological polar surface area (TPSA) is 27.7 Å². The van der Waals surface area contributed by atoms with Crippen LogP contribution < -0.4 is 0 Å². The van der Waals surface area contributed by atoms with Gasteiger partial charge >= 0.3 is 0 Å². The molecule has 0 bridgehead atoms. The molecule has 0 unspecified atom stereocenters. The van der Waals surface area contributed by atoms with Gasteiger partial charge in [0.2, 0.25) is 5.79 Å². The van der Waals surface area contributed by atoms with E-state index in [1.807, 2.05) is 26.8 Å². The first kappa shape index (κ1) is 13.4. The Morgan fingerprint density at radius 3 is 2.25 bits per heavy atom. The molecule has 0 heterocycles. The van der Waals surface area contributed by atoms with Gasteiger partial charge in [-0.15, -0.1) is 0 Å². The molecule has 0 fully saturated rings. The Morgan fingerprint density at radius 2 is 1.81 bits per heavy atom. The van der Waals surface area contributed by atoms with Crippen molar-refractivity contribution in [3.05, 3.63) is 23.8 Å². The summed E-state index contributed by atoms with van der Waals surface area (Å²) in [5.74, 6) is -0.691. The SMILES string of the molecule is CCOCC(OCC)(OCC)C1=CC=CC1. The van der Waals surface area contributed by atoms with Crippen LogP contribution in [0.2, 0.25) is 0 Å².